The Kier molecular flexibility index (Phi) is 5.91. The van der Waals surface area contributed by atoms with Gasteiger partial charge in [-0.2, -0.15) is 0 Å². The third-order valence-corrected chi connectivity index (χ3v) is 4.59. The van der Waals surface area contributed by atoms with Gasteiger partial charge in [-0.3, -0.25) is 15.7 Å². The van der Waals surface area contributed by atoms with Crippen molar-refractivity contribution < 1.29 is 18.4 Å². The Morgan fingerprint density at radius 3 is 3.08 bits per heavy atom. The van der Waals surface area contributed by atoms with Gasteiger partial charge in [0.2, 0.25) is 5.82 Å². The Bertz CT molecular complexity index is 827. The highest BCUT2D eigenvalue weighted by Gasteiger charge is 2.25. The van der Waals surface area contributed by atoms with Crippen LogP contribution in [0.3, 0.4) is 0 Å². The summed E-state index contributed by atoms with van der Waals surface area (Å²) in [7, 11) is -1.11. The van der Waals surface area contributed by atoms with Crippen molar-refractivity contribution in [3.05, 3.63) is 40.8 Å². The quantitative estimate of drug-likeness (QED) is 0.243. The van der Waals surface area contributed by atoms with E-state index in [0.29, 0.717) is 19.5 Å². The minimum atomic E-state index is -1.11. The van der Waals surface area contributed by atoms with E-state index in [9.17, 15) is 13.8 Å². The van der Waals surface area contributed by atoms with Crippen LogP contribution in [-0.4, -0.2) is 44.9 Å². The lowest BCUT2D eigenvalue weighted by Gasteiger charge is -2.10. The smallest absolute Gasteiger partial charge is 0.202 e. The molecule has 1 aliphatic carbocycles. The minimum absolute atomic E-state index is 0.0721. The number of aromatic nitrogens is 2. The van der Waals surface area contributed by atoms with E-state index in [1.54, 1.807) is 6.07 Å². The molecule has 0 saturated heterocycles. The van der Waals surface area contributed by atoms with E-state index < -0.39 is 11.0 Å². The van der Waals surface area contributed by atoms with Gasteiger partial charge in [-0.1, -0.05) is 6.07 Å². The molecule has 1 heterocycles. The Morgan fingerprint density at radius 2 is 2.31 bits per heavy atom. The monoisotopic (exact) mass is 382 g/mol. The maximum Gasteiger partial charge on any atom is 0.202 e. The van der Waals surface area contributed by atoms with E-state index in [0.717, 1.165) is 17.5 Å². The lowest BCUT2D eigenvalue weighted by atomic mass is 10.1. The number of aryl methyl sites for hydroxylation is 1. The number of halogens is 1. The molecular formula is C15H19FN6O3S. The van der Waals surface area contributed by atoms with Gasteiger partial charge in [-0.25, -0.2) is 18.0 Å². The summed E-state index contributed by atoms with van der Waals surface area (Å²) in [6.45, 7) is 0.848. The average Bonchev–Trinajstić information content (AvgIpc) is 3.23. The first-order valence-corrected chi connectivity index (χ1v) is 9.54. The molecule has 0 radical (unpaired) electrons. The van der Waals surface area contributed by atoms with Crippen molar-refractivity contribution in [1.82, 2.24) is 20.5 Å². The van der Waals surface area contributed by atoms with Crippen LogP contribution in [0.2, 0.25) is 0 Å². The highest BCUT2D eigenvalue weighted by Crippen LogP contribution is 2.34. The van der Waals surface area contributed by atoms with Gasteiger partial charge in [-0.15, -0.1) is 0 Å². The molecule has 2 atom stereocenters. The molecule has 2 unspecified atom stereocenters. The van der Waals surface area contributed by atoms with Crippen LogP contribution in [0.5, 0.6) is 0 Å². The van der Waals surface area contributed by atoms with Crippen LogP contribution in [0.4, 0.5) is 10.2 Å². The maximum atomic E-state index is 13.5. The van der Waals surface area contributed by atoms with Gasteiger partial charge in [0.05, 0.1) is 17.0 Å². The van der Waals surface area contributed by atoms with E-state index in [-0.39, 0.29) is 29.2 Å². The van der Waals surface area contributed by atoms with Crippen molar-refractivity contribution in [2.24, 2.45) is 4.99 Å². The average molecular weight is 382 g/mol. The summed E-state index contributed by atoms with van der Waals surface area (Å²) in [6.07, 6.45) is 3.01. The standard InChI is InChI=1S/C15H19FN6O3S/c1-26(24)18-7-6-17-14-13(21-25-22-14)15(20-23)19-12-5-3-9-2-4-10(16)8-11(9)12/h2,4,8,12,18,23H,3,5-7H2,1H3,(H,17,22)(H,19,20). The van der Waals surface area contributed by atoms with Crippen LogP contribution < -0.4 is 15.5 Å². The summed E-state index contributed by atoms with van der Waals surface area (Å²) in [5.41, 5.74) is 4.04. The van der Waals surface area contributed by atoms with Gasteiger partial charge < -0.3 is 5.32 Å². The molecule has 0 aliphatic heterocycles. The van der Waals surface area contributed by atoms with Crippen molar-refractivity contribution >= 4 is 22.6 Å². The second-order valence-corrected chi connectivity index (χ2v) is 6.92. The number of anilines is 1. The molecule has 0 amide bonds. The second kappa shape index (κ2) is 8.34. The van der Waals surface area contributed by atoms with Crippen molar-refractivity contribution in [3.63, 3.8) is 0 Å². The van der Waals surface area contributed by atoms with Crippen molar-refractivity contribution in [2.75, 3.05) is 24.7 Å². The molecular weight excluding hydrogens is 363 g/mol. The van der Waals surface area contributed by atoms with E-state index in [1.165, 1.54) is 18.4 Å². The van der Waals surface area contributed by atoms with Crippen LogP contribution >= 0.6 is 0 Å². The van der Waals surface area contributed by atoms with Crippen LogP contribution in [0.25, 0.3) is 0 Å². The third kappa shape index (κ3) is 4.23. The molecule has 140 valence electrons. The zero-order valence-corrected chi connectivity index (χ0v) is 14.8. The van der Waals surface area contributed by atoms with Crippen LogP contribution in [0.15, 0.2) is 27.8 Å². The zero-order chi connectivity index (χ0) is 18.5. The maximum absolute atomic E-state index is 13.5. The molecule has 0 bridgehead atoms. The van der Waals surface area contributed by atoms with Crippen molar-refractivity contribution in [2.45, 2.75) is 18.9 Å². The molecule has 0 saturated carbocycles. The fourth-order valence-corrected chi connectivity index (χ4v) is 3.21. The fraction of sp³-hybridized carbons (Fsp3) is 0.400. The Balaban J connectivity index is 1.76. The number of nitrogens with zero attached hydrogens (tertiary/aromatic N) is 3. The number of hydrogen-bond donors (Lipinski definition) is 4. The summed E-state index contributed by atoms with van der Waals surface area (Å²) in [5, 5.41) is 19.9. The summed E-state index contributed by atoms with van der Waals surface area (Å²) in [6, 6.07) is 4.34. The van der Waals surface area contributed by atoms with Gasteiger partial charge >= 0.3 is 0 Å². The molecule has 1 aromatic heterocycles. The lowest BCUT2D eigenvalue weighted by Crippen LogP contribution is -2.26. The highest BCUT2D eigenvalue weighted by atomic mass is 32.2. The van der Waals surface area contributed by atoms with E-state index in [2.05, 4.69) is 25.3 Å². The van der Waals surface area contributed by atoms with E-state index in [4.69, 9.17) is 4.63 Å². The SMILES string of the molecule is CS(=O)NCCNc1nonc1C(=NC1CCc2ccc(F)cc21)NO. The zero-order valence-electron chi connectivity index (χ0n) is 14.0. The largest absolute Gasteiger partial charge is 0.364 e. The fourth-order valence-electron chi connectivity index (χ4n) is 2.82. The van der Waals surface area contributed by atoms with E-state index in [1.807, 2.05) is 5.48 Å². The Labute approximate surface area is 151 Å². The summed E-state index contributed by atoms with van der Waals surface area (Å²) >= 11 is 0. The molecule has 0 fully saturated rings. The highest BCUT2D eigenvalue weighted by molar-refractivity contribution is 7.82. The first kappa shape index (κ1) is 18.4. The number of rotatable bonds is 7. The molecule has 1 aliphatic rings. The van der Waals surface area contributed by atoms with Crippen LogP contribution in [0.1, 0.15) is 29.3 Å². The number of benzene rings is 1. The van der Waals surface area contributed by atoms with Gasteiger partial charge in [0.1, 0.15) is 5.82 Å². The predicted molar refractivity (Wildman–Crippen MR) is 93.8 cm³/mol. The minimum Gasteiger partial charge on any atom is -0.364 e. The molecule has 9 nitrogen and oxygen atoms in total. The number of amidine groups is 1. The van der Waals surface area contributed by atoms with Crippen LogP contribution in [0, 0.1) is 5.82 Å². The Hall–Kier alpha value is -2.37. The molecule has 1 aromatic carbocycles. The lowest BCUT2D eigenvalue weighted by molar-refractivity contribution is 0.233. The number of aliphatic imine (C=N–C) groups is 1. The number of hydroxylamine groups is 1. The molecule has 26 heavy (non-hydrogen) atoms. The molecule has 0 spiro atoms. The van der Waals surface area contributed by atoms with Crippen LogP contribution in [-0.2, 0) is 17.4 Å². The molecule has 11 heteroatoms. The summed E-state index contributed by atoms with van der Waals surface area (Å²) in [4.78, 5) is 4.46. The second-order valence-electron chi connectivity index (χ2n) is 5.72. The first-order chi connectivity index (χ1) is 12.6. The topological polar surface area (TPSA) is 125 Å². The predicted octanol–water partition coefficient (Wildman–Crippen LogP) is 0.917. The van der Waals surface area contributed by atoms with Gasteiger partial charge in [0.15, 0.2) is 11.5 Å². The molecule has 4 N–H and O–H groups in total. The van der Waals surface area contributed by atoms with Gasteiger partial charge in [-0.05, 0) is 46.4 Å². The number of nitrogens with one attached hydrogen (secondary N) is 3. The normalized spacial score (nSPS) is 17.8. The summed E-state index contributed by atoms with van der Waals surface area (Å²) < 4.78 is 32.0. The van der Waals surface area contributed by atoms with Gasteiger partial charge in [0, 0.05) is 19.3 Å². The Morgan fingerprint density at radius 1 is 1.46 bits per heavy atom. The van der Waals surface area contributed by atoms with Crippen molar-refractivity contribution in [1.29, 1.82) is 0 Å². The van der Waals surface area contributed by atoms with E-state index >= 15 is 0 Å². The first-order valence-electron chi connectivity index (χ1n) is 7.98. The number of fused-ring (bicyclic) bond motifs is 1. The third-order valence-electron chi connectivity index (χ3n) is 3.98. The van der Waals surface area contributed by atoms with Crippen molar-refractivity contribution in [3.8, 4) is 0 Å². The molecule has 3 rings (SSSR count). The molecule has 2 aromatic rings. The van der Waals surface area contributed by atoms with Gasteiger partial charge in [0.25, 0.3) is 0 Å². The summed E-state index contributed by atoms with van der Waals surface area (Å²) in [5.74, 6) is 0.0324. The number of hydrogen-bond acceptors (Lipinski definition) is 7.